The van der Waals surface area contributed by atoms with Crippen LogP contribution in [0.25, 0.3) is 0 Å². The molecular formula is C14H13NO6S. The molecule has 22 heavy (non-hydrogen) atoms. The summed E-state index contributed by atoms with van der Waals surface area (Å²) in [7, 11) is -4.67. The molecule has 5 N–H and O–H groups in total. The van der Waals surface area contributed by atoms with Gasteiger partial charge in [-0.05, 0) is 0 Å². The summed E-state index contributed by atoms with van der Waals surface area (Å²) in [5, 5.41) is 0. The molecule has 116 valence electrons. The molecule has 8 heteroatoms. The molecule has 0 bridgehead atoms. The van der Waals surface area contributed by atoms with Gasteiger partial charge in [0.25, 0.3) is 0 Å². The van der Waals surface area contributed by atoms with E-state index in [0.717, 1.165) is 0 Å². The van der Waals surface area contributed by atoms with Crippen molar-refractivity contribution < 1.29 is 27.1 Å². The molecule has 0 amide bonds. The van der Waals surface area contributed by atoms with Crippen LogP contribution < -0.4 is 6.15 Å². The molecule has 0 saturated carbocycles. The summed E-state index contributed by atoms with van der Waals surface area (Å²) in [4.78, 5) is 24.2. The van der Waals surface area contributed by atoms with E-state index in [1.165, 1.54) is 0 Å². The SMILES string of the molecule is N.O=C1c2ccccc2C(=O)c2ccccc21.O=S(=O)(O)O. The standard InChI is InChI=1S/C14H8O2.H3N.H2O4S/c15-13-9-5-1-2-6-10(9)14(16)12-8-4-3-7-11(12)13;;1-5(2,3)4/h1-8H;1H3;(H2,1,2,3,4). The molecule has 0 radical (unpaired) electrons. The van der Waals surface area contributed by atoms with E-state index >= 15 is 0 Å². The minimum Gasteiger partial charge on any atom is -0.344 e. The highest BCUT2D eigenvalue weighted by molar-refractivity contribution is 7.79. The zero-order valence-electron chi connectivity index (χ0n) is 11.3. The highest BCUT2D eigenvalue weighted by atomic mass is 32.3. The molecule has 0 atom stereocenters. The zero-order chi connectivity index (χ0) is 15.6. The monoisotopic (exact) mass is 323 g/mol. The van der Waals surface area contributed by atoms with Gasteiger partial charge in [0.15, 0.2) is 11.6 Å². The average molecular weight is 323 g/mol. The second-order valence-electron chi connectivity index (χ2n) is 4.20. The van der Waals surface area contributed by atoms with Crippen molar-refractivity contribution in [2.24, 2.45) is 0 Å². The first kappa shape index (κ1) is 17.7. The molecule has 0 fully saturated rings. The first-order valence-corrected chi connectivity index (χ1v) is 7.16. The number of ketones is 2. The van der Waals surface area contributed by atoms with E-state index in [2.05, 4.69) is 0 Å². The maximum atomic E-state index is 12.1. The molecule has 1 aliphatic rings. The van der Waals surface area contributed by atoms with Crippen LogP contribution in [0.4, 0.5) is 0 Å². The molecule has 2 aromatic rings. The van der Waals surface area contributed by atoms with Gasteiger partial charge in [-0.3, -0.25) is 18.7 Å². The number of rotatable bonds is 0. The number of hydrogen-bond acceptors (Lipinski definition) is 5. The highest BCUT2D eigenvalue weighted by Gasteiger charge is 2.28. The summed E-state index contributed by atoms with van der Waals surface area (Å²) in [5.74, 6) is -0.128. The topological polar surface area (TPSA) is 144 Å². The first-order valence-electron chi connectivity index (χ1n) is 5.76. The van der Waals surface area contributed by atoms with Gasteiger partial charge in [0.1, 0.15) is 0 Å². The van der Waals surface area contributed by atoms with Crippen LogP contribution in [0.3, 0.4) is 0 Å². The van der Waals surface area contributed by atoms with Crippen molar-refractivity contribution in [3.05, 3.63) is 70.8 Å². The fourth-order valence-electron chi connectivity index (χ4n) is 2.05. The predicted octanol–water partition coefficient (Wildman–Crippen LogP) is 1.97. The summed E-state index contributed by atoms with van der Waals surface area (Å²) < 4.78 is 31.6. The molecule has 0 heterocycles. The normalized spacial score (nSPS) is 12.3. The van der Waals surface area contributed by atoms with Crippen LogP contribution in [-0.2, 0) is 10.4 Å². The van der Waals surface area contributed by atoms with Gasteiger partial charge in [-0.1, -0.05) is 48.5 Å². The van der Waals surface area contributed by atoms with Crippen LogP contribution in [0.15, 0.2) is 48.5 Å². The lowest BCUT2D eigenvalue weighted by molar-refractivity contribution is 0.0979. The number of benzene rings is 2. The summed E-state index contributed by atoms with van der Waals surface area (Å²) in [5.41, 5.74) is 2.02. The van der Waals surface area contributed by atoms with Gasteiger partial charge in [-0.25, -0.2) is 0 Å². The van der Waals surface area contributed by atoms with E-state index < -0.39 is 10.4 Å². The number of hydrogen-bond donors (Lipinski definition) is 3. The first-order chi connectivity index (χ1) is 9.79. The third-order valence-electron chi connectivity index (χ3n) is 2.83. The Hall–Kier alpha value is -2.39. The van der Waals surface area contributed by atoms with E-state index in [9.17, 15) is 9.59 Å². The summed E-state index contributed by atoms with van der Waals surface area (Å²) in [6.45, 7) is 0. The molecule has 0 aliphatic heterocycles. The van der Waals surface area contributed by atoms with Crippen molar-refractivity contribution >= 4 is 22.0 Å². The number of carbonyl (C=O) groups excluding carboxylic acids is 2. The fraction of sp³-hybridized carbons (Fsp3) is 0. The second-order valence-corrected chi connectivity index (χ2v) is 5.09. The van der Waals surface area contributed by atoms with Crippen LogP contribution in [0.2, 0.25) is 0 Å². The van der Waals surface area contributed by atoms with Crippen molar-refractivity contribution in [3.63, 3.8) is 0 Å². The Labute approximate surface area is 126 Å². The molecule has 3 rings (SSSR count). The fourth-order valence-corrected chi connectivity index (χ4v) is 2.05. The summed E-state index contributed by atoms with van der Waals surface area (Å²) in [6.07, 6.45) is 0. The van der Waals surface area contributed by atoms with E-state index in [1.807, 2.05) is 0 Å². The minimum atomic E-state index is -4.67. The van der Waals surface area contributed by atoms with Crippen LogP contribution >= 0.6 is 0 Å². The van der Waals surface area contributed by atoms with Crippen molar-refractivity contribution in [1.29, 1.82) is 0 Å². The Morgan fingerprint density at radius 2 is 0.818 bits per heavy atom. The lowest BCUT2D eigenvalue weighted by Crippen LogP contribution is -2.20. The molecule has 1 aliphatic carbocycles. The van der Waals surface area contributed by atoms with E-state index in [0.29, 0.717) is 22.3 Å². The maximum Gasteiger partial charge on any atom is 0.394 e. The van der Waals surface area contributed by atoms with Gasteiger partial charge >= 0.3 is 10.4 Å². The van der Waals surface area contributed by atoms with E-state index in [4.69, 9.17) is 17.5 Å². The van der Waals surface area contributed by atoms with Crippen molar-refractivity contribution in [1.82, 2.24) is 6.15 Å². The van der Waals surface area contributed by atoms with Crippen molar-refractivity contribution in [3.8, 4) is 0 Å². The van der Waals surface area contributed by atoms with Gasteiger partial charge in [-0.15, -0.1) is 0 Å². The predicted molar refractivity (Wildman–Crippen MR) is 78.9 cm³/mol. The second kappa shape index (κ2) is 6.58. The Kier molecular flexibility index (Phi) is 5.28. The summed E-state index contributed by atoms with van der Waals surface area (Å²) >= 11 is 0. The molecular weight excluding hydrogens is 310 g/mol. The average Bonchev–Trinajstić information content (AvgIpc) is 2.43. The summed E-state index contributed by atoms with van der Waals surface area (Å²) in [6, 6.07) is 13.9. The van der Waals surface area contributed by atoms with Gasteiger partial charge in [0.05, 0.1) is 0 Å². The Morgan fingerprint density at radius 3 is 1.00 bits per heavy atom. The smallest absolute Gasteiger partial charge is 0.344 e. The van der Waals surface area contributed by atoms with E-state index in [-0.39, 0.29) is 17.7 Å². The largest absolute Gasteiger partial charge is 0.394 e. The van der Waals surface area contributed by atoms with Crippen LogP contribution in [0, 0.1) is 0 Å². The Bertz CT molecular complexity index is 715. The lowest BCUT2D eigenvalue weighted by Gasteiger charge is -2.16. The molecule has 0 aromatic heterocycles. The van der Waals surface area contributed by atoms with Gasteiger partial charge in [0, 0.05) is 22.3 Å². The van der Waals surface area contributed by atoms with Gasteiger partial charge in [-0.2, -0.15) is 8.42 Å². The lowest BCUT2D eigenvalue weighted by atomic mass is 9.84. The number of carbonyl (C=O) groups is 2. The molecule has 0 saturated heterocycles. The van der Waals surface area contributed by atoms with Crippen LogP contribution in [-0.4, -0.2) is 29.1 Å². The molecule has 0 spiro atoms. The molecule has 0 unspecified atom stereocenters. The van der Waals surface area contributed by atoms with Gasteiger partial charge < -0.3 is 6.15 Å². The van der Waals surface area contributed by atoms with Crippen LogP contribution in [0.5, 0.6) is 0 Å². The number of fused-ring (bicyclic) bond motifs is 2. The Morgan fingerprint density at radius 1 is 0.636 bits per heavy atom. The quantitative estimate of drug-likeness (QED) is 0.536. The van der Waals surface area contributed by atoms with E-state index in [1.54, 1.807) is 48.5 Å². The zero-order valence-corrected chi connectivity index (χ0v) is 12.1. The third-order valence-corrected chi connectivity index (χ3v) is 2.83. The molecule has 7 nitrogen and oxygen atoms in total. The molecule has 2 aromatic carbocycles. The maximum absolute atomic E-state index is 12.1. The van der Waals surface area contributed by atoms with Crippen LogP contribution in [0.1, 0.15) is 31.8 Å². The minimum absolute atomic E-state index is 0. The highest BCUT2D eigenvalue weighted by Crippen LogP contribution is 2.26. The van der Waals surface area contributed by atoms with Crippen molar-refractivity contribution in [2.45, 2.75) is 0 Å². The van der Waals surface area contributed by atoms with Crippen molar-refractivity contribution in [2.75, 3.05) is 0 Å². The Balaban J connectivity index is 0.000000356. The third kappa shape index (κ3) is 3.83. The van der Waals surface area contributed by atoms with Gasteiger partial charge in [0.2, 0.25) is 0 Å².